The number of carbonyl (C=O) groups excluding carboxylic acids is 1. The van der Waals surface area contributed by atoms with Crippen molar-refractivity contribution in [1.82, 2.24) is 0 Å². The molecule has 1 aliphatic heterocycles. The van der Waals surface area contributed by atoms with E-state index in [1.807, 2.05) is 74.5 Å². The smallest absolute Gasteiger partial charge is 0.295 e. The van der Waals surface area contributed by atoms with Crippen molar-refractivity contribution in [2.45, 2.75) is 26.5 Å². The van der Waals surface area contributed by atoms with Crippen LogP contribution in [0.3, 0.4) is 0 Å². The second kappa shape index (κ2) is 10.2. The molecule has 200 valence electrons. The molecule has 1 aliphatic rings. The van der Waals surface area contributed by atoms with Crippen LogP contribution in [-0.4, -0.2) is 13.0 Å². The number of carbonyl (C=O) groups is 1. The van der Waals surface area contributed by atoms with E-state index in [2.05, 4.69) is 0 Å². The predicted octanol–water partition coefficient (Wildman–Crippen LogP) is 7.40. The Kier molecular flexibility index (Phi) is 6.56. The van der Waals surface area contributed by atoms with E-state index in [9.17, 15) is 9.59 Å². The highest BCUT2D eigenvalue weighted by Crippen LogP contribution is 2.43. The number of halogens is 1. The molecule has 0 radical (unpaired) electrons. The van der Waals surface area contributed by atoms with Gasteiger partial charge in [-0.2, -0.15) is 0 Å². The van der Waals surface area contributed by atoms with Gasteiger partial charge in [0.1, 0.15) is 12.2 Å². The standard InChI is InChI=1S/C33H26ClNO5/c1-19-9-12-24(15-20(19)2)35-30(29-31(36)25-17-23(34)11-14-26(25)40-32(29)33(35)37)22-10-13-27(28(16-22)38-3)39-18-21-7-5-4-6-8-21/h4-17,30H,18H2,1-3H3. The van der Waals surface area contributed by atoms with Crippen LogP contribution < -0.4 is 19.8 Å². The summed E-state index contributed by atoms with van der Waals surface area (Å²) in [5, 5.41) is 0.731. The molecule has 0 saturated heterocycles. The zero-order valence-corrected chi connectivity index (χ0v) is 23.0. The lowest BCUT2D eigenvalue weighted by molar-refractivity contribution is 0.0971. The van der Waals surface area contributed by atoms with Gasteiger partial charge in [0.05, 0.1) is 24.1 Å². The van der Waals surface area contributed by atoms with Crippen LogP contribution in [0, 0.1) is 13.8 Å². The summed E-state index contributed by atoms with van der Waals surface area (Å²) >= 11 is 6.22. The summed E-state index contributed by atoms with van der Waals surface area (Å²) in [6.45, 7) is 4.37. The maximum atomic E-state index is 13.9. The molecular formula is C33H26ClNO5. The van der Waals surface area contributed by atoms with E-state index in [-0.39, 0.29) is 22.7 Å². The van der Waals surface area contributed by atoms with Gasteiger partial charge in [-0.05, 0) is 78.6 Å². The van der Waals surface area contributed by atoms with E-state index in [1.54, 1.807) is 36.3 Å². The highest BCUT2D eigenvalue weighted by atomic mass is 35.5. The molecular weight excluding hydrogens is 526 g/mol. The van der Waals surface area contributed by atoms with Crippen molar-refractivity contribution >= 4 is 34.2 Å². The fraction of sp³-hybridized carbons (Fsp3) is 0.152. The molecule has 6 rings (SSSR count). The molecule has 0 fully saturated rings. The predicted molar refractivity (Wildman–Crippen MR) is 156 cm³/mol. The van der Waals surface area contributed by atoms with Crippen LogP contribution in [0.2, 0.25) is 5.02 Å². The normalized spacial score (nSPS) is 14.4. The van der Waals surface area contributed by atoms with Crippen LogP contribution in [0.25, 0.3) is 11.0 Å². The maximum Gasteiger partial charge on any atom is 0.295 e. The van der Waals surface area contributed by atoms with Gasteiger partial charge in [-0.15, -0.1) is 0 Å². The zero-order chi connectivity index (χ0) is 28.0. The average Bonchev–Trinajstić information content (AvgIpc) is 3.26. The van der Waals surface area contributed by atoms with E-state index >= 15 is 0 Å². The van der Waals surface area contributed by atoms with Gasteiger partial charge in [0.2, 0.25) is 5.76 Å². The van der Waals surface area contributed by atoms with Gasteiger partial charge in [-0.25, -0.2) is 0 Å². The second-order valence-electron chi connectivity index (χ2n) is 9.85. The minimum absolute atomic E-state index is 0.0198. The van der Waals surface area contributed by atoms with Gasteiger partial charge in [0.15, 0.2) is 16.9 Å². The number of rotatable bonds is 6. The Morgan fingerprint density at radius 1 is 0.875 bits per heavy atom. The third-order valence-electron chi connectivity index (χ3n) is 7.34. The summed E-state index contributed by atoms with van der Waals surface area (Å²) in [6, 6.07) is 25.2. The van der Waals surface area contributed by atoms with Crippen LogP contribution in [-0.2, 0) is 6.61 Å². The first-order valence-electron chi connectivity index (χ1n) is 12.9. The lowest BCUT2D eigenvalue weighted by atomic mass is 9.97. The van der Waals surface area contributed by atoms with E-state index < -0.39 is 6.04 Å². The third kappa shape index (κ3) is 4.40. The molecule has 1 unspecified atom stereocenters. The van der Waals surface area contributed by atoms with Crippen molar-refractivity contribution in [3.63, 3.8) is 0 Å². The van der Waals surface area contributed by atoms with Gasteiger partial charge in [0, 0.05) is 10.7 Å². The maximum absolute atomic E-state index is 13.9. The molecule has 2 heterocycles. The largest absolute Gasteiger partial charge is 0.493 e. The van der Waals surface area contributed by atoms with E-state index in [1.165, 1.54) is 0 Å². The fourth-order valence-electron chi connectivity index (χ4n) is 5.11. The Hall–Kier alpha value is -4.55. The highest BCUT2D eigenvalue weighted by Gasteiger charge is 2.44. The Morgan fingerprint density at radius 2 is 1.68 bits per heavy atom. The quantitative estimate of drug-likeness (QED) is 0.220. The topological polar surface area (TPSA) is 69.0 Å². The number of methoxy groups -OCH3 is 1. The van der Waals surface area contributed by atoms with Crippen molar-refractivity contribution in [3.8, 4) is 11.5 Å². The van der Waals surface area contributed by atoms with Crippen molar-refractivity contribution in [2.75, 3.05) is 12.0 Å². The Morgan fingerprint density at radius 3 is 2.42 bits per heavy atom. The van der Waals surface area contributed by atoms with Crippen LogP contribution >= 0.6 is 11.6 Å². The van der Waals surface area contributed by atoms with Crippen LogP contribution in [0.1, 0.15) is 44.4 Å². The number of hydrogen-bond donors (Lipinski definition) is 0. The Balaban J connectivity index is 1.51. The second-order valence-corrected chi connectivity index (χ2v) is 10.3. The van der Waals surface area contributed by atoms with Crippen LogP contribution in [0.4, 0.5) is 5.69 Å². The lowest BCUT2D eigenvalue weighted by Crippen LogP contribution is -2.29. The van der Waals surface area contributed by atoms with Gasteiger partial charge < -0.3 is 13.9 Å². The van der Waals surface area contributed by atoms with Crippen molar-refractivity contribution in [1.29, 1.82) is 0 Å². The third-order valence-corrected chi connectivity index (χ3v) is 7.58. The summed E-state index contributed by atoms with van der Waals surface area (Å²) in [4.78, 5) is 29.5. The molecule has 6 nitrogen and oxygen atoms in total. The zero-order valence-electron chi connectivity index (χ0n) is 22.2. The SMILES string of the molecule is COc1cc(C2c3c(oc4ccc(Cl)cc4c3=O)C(=O)N2c2ccc(C)c(C)c2)ccc1OCc1ccccc1. The first kappa shape index (κ1) is 25.7. The fourth-order valence-corrected chi connectivity index (χ4v) is 5.28. The summed E-state index contributed by atoms with van der Waals surface area (Å²) in [6.07, 6.45) is 0. The van der Waals surface area contributed by atoms with Crippen molar-refractivity contribution < 1.29 is 18.7 Å². The van der Waals surface area contributed by atoms with Crippen molar-refractivity contribution in [3.05, 3.63) is 134 Å². The summed E-state index contributed by atoms with van der Waals surface area (Å²) in [7, 11) is 1.56. The Bertz CT molecular complexity index is 1830. The number of fused-ring (bicyclic) bond motifs is 2. The Labute approximate surface area is 236 Å². The molecule has 1 atom stereocenters. The highest BCUT2D eigenvalue weighted by molar-refractivity contribution is 6.31. The number of anilines is 1. The molecule has 0 bridgehead atoms. The molecule has 0 spiro atoms. The van der Waals surface area contributed by atoms with Crippen molar-refractivity contribution in [2.24, 2.45) is 0 Å². The van der Waals surface area contributed by atoms with Crippen LogP contribution in [0.5, 0.6) is 11.5 Å². The molecule has 0 N–H and O–H groups in total. The number of ether oxygens (including phenoxy) is 2. The molecule has 5 aromatic rings. The lowest BCUT2D eigenvalue weighted by Gasteiger charge is -2.26. The molecule has 1 aromatic heterocycles. The number of hydrogen-bond acceptors (Lipinski definition) is 5. The summed E-state index contributed by atoms with van der Waals surface area (Å²) in [5.41, 5.74) is 4.76. The minimum atomic E-state index is -0.749. The summed E-state index contributed by atoms with van der Waals surface area (Å²) in [5.74, 6) is 0.671. The molecule has 40 heavy (non-hydrogen) atoms. The van der Waals surface area contributed by atoms with Gasteiger partial charge in [0.25, 0.3) is 5.91 Å². The van der Waals surface area contributed by atoms with E-state index in [4.69, 9.17) is 25.5 Å². The van der Waals surface area contributed by atoms with E-state index in [0.29, 0.717) is 45.3 Å². The first-order chi connectivity index (χ1) is 19.4. The summed E-state index contributed by atoms with van der Waals surface area (Å²) < 4.78 is 17.8. The number of aryl methyl sites for hydroxylation is 2. The van der Waals surface area contributed by atoms with E-state index in [0.717, 1.165) is 16.7 Å². The first-order valence-corrected chi connectivity index (χ1v) is 13.2. The monoisotopic (exact) mass is 551 g/mol. The molecule has 0 saturated carbocycles. The van der Waals surface area contributed by atoms with Crippen LogP contribution in [0.15, 0.2) is 94.1 Å². The average molecular weight is 552 g/mol. The van der Waals surface area contributed by atoms with Gasteiger partial charge in [-0.3, -0.25) is 14.5 Å². The molecule has 0 aliphatic carbocycles. The molecule has 4 aromatic carbocycles. The minimum Gasteiger partial charge on any atom is -0.493 e. The van der Waals surface area contributed by atoms with Gasteiger partial charge in [-0.1, -0.05) is 54.1 Å². The molecule has 1 amide bonds. The number of nitrogens with zero attached hydrogens (tertiary/aromatic N) is 1. The molecule has 7 heteroatoms. The van der Waals surface area contributed by atoms with Gasteiger partial charge >= 0.3 is 0 Å². The number of benzene rings is 4. The number of amides is 1.